The van der Waals surface area contributed by atoms with E-state index >= 15 is 0 Å². The monoisotopic (exact) mass is 314 g/mol. The molecule has 0 fully saturated rings. The van der Waals surface area contributed by atoms with Crippen LogP contribution in [0.25, 0.3) is 0 Å². The van der Waals surface area contributed by atoms with Crippen molar-refractivity contribution < 1.29 is 13.2 Å². The van der Waals surface area contributed by atoms with Crippen molar-refractivity contribution in [3.63, 3.8) is 0 Å². The number of nitrogens with zero attached hydrogens (tertiary/aromatic N) is 3. The van der Waals surface area contributed by atoms with Crippen molar-refractivity contribution >= 4 is 21.9 Å². The van der Waals surface area contributed by atoms with Crippen LogP contribution in [0.2, 0.25) is 0 Å². The molecule has 1 aromatic heterocycles. The number of likely N-dealkylation sites (N-methyl/N-ethyl adjacent to an activating group) is 1. The summed E-state index contributed by atoms with van der Waals surface area (Å²) in [5.41, 5.74) is 0.981. The van der Waals surface area contributed by atoms with Crippen LogP contribution >= 0.6 is 0 Å². The van der Waals surface area contributed by atoms with Crippen molar-refractivity contribution in [1.29, 1.82) is 0 Å². The number of rotatable bonds is 7. The lowest BCUT2D eigenvalue weighted by atomic mass is 10.3. The number of anilines is 1. The molecule has 0 aliphatic carbocycles. The molecule has 1 aromatic rings. The number of carbonyl (C=O) groups excluding carboxylic acids is 1. The number of pyridine rings is 1. The van der Waals surface area contributed by atoms with E-state index in [1.54, 1.807) is 26.1 Å². The van der Waals surface area contributed by atoms with Gasteiger partial charge in [-0.2, -0.15) is 17.0 Å². The van der Waals surface area contributed by atoms with Crippen LogP contribution in [-0.2, 0) is 15.0 Å². The van der Waals surface area contributed by atoms with Crippen molar-refractivity contribution in [2.45, 2.75) is 20.8 Å². The molecule has 8 heteroatoms. The van der Waals surface area contributed by atoms with Crippen LogP contribution in [0.5, 0.6) is 0 Å². The van der Waals surface area contributed by atoms with Gasteiger partial charge in [0.25, 0.3) is 10.2 Å². The van der Waals surface area contributed by atoms with Crippen LogP contribution in [-0.4, -0.2) is 54.6 Å². The fourth-order valence-corrected chi connectivity index (χ4v) is 3.08. The van der Waals surface area contributed by atoms with Crippen molar-refractivity contribution in [1.82, 2.24) is 13.6 Å². The Bertz CT molecular complexity index is 568. The maximum atomic E-state index is 12.2. The number of nitrogens with one attached hydrogen (secondary N) is 1. The van der Waals surface area contributed by atoms with E-state index < -0.39 is 16.1 Å². The zero-order valence-electron chi connectivity index (χ0n) is 12.8. The van der Waals surface area contributed by atoms with Gasteiger partial charge in [0.15, 0.2) is 0 Å². The van der Waals surface area contributed by atoms with Gasteiger partial charge < -0.3 is 5.32 Å². The molecular formula is C13H22N4O3S. The summed E-state index contributed by atoms with van der Waals surface area (Å²) in [6.45, 7) is 5.88. The van der Waals surface area contributed by atoms with Gasteiger partial charge in [-0.05, 0) is 18.6 Å². The summed E-state index contributed by atoms with van der Waals surface area (Å²) in [6, 6.07) is 3.49. The highest BCUT2D eigenvalue weighted by Crippen LogP contribution is 2.07. The van der Waals surface area contributed by atoms with E-state index in [4.69, 9.17) is 0 Å². The molecule has 0 aliphatic heterocycles. The summed E-state index contributed by atoms with van der Waals surface area (Å²) in [6.07, 6.45) is 1.63. The summed E-state index contributed by atoms with van der Waals surface area (Å²) in [4.78, 5) is 15.9. The Morgan fingerprint density at radius 2 is 1.90 bits per heavy atom. The van der Waals surface area contributed by atoms with Crippen LogP contribution in [0.1, 0.15) is 19.4 Å². The molecule has 0 atom stereocenters. The maximum Gasteiger partial charge on any atom is 0.282 e. The van der Waals surface area contributed by atoms with Gasteiger partial charge in [-0.25, -0.2) is 4.98 Å². The van der Waals surface area contributed by atoms with E-state index in [1.807, 2.05) is 13.0 Å². The molecule has 0 radical (unpaired) electrons. The summed E-state index contributed by atoms with van der Waals surface area (Å²) in [5, 5.41) is 2.57. The lowest BCUT2D eigenvalue weighted by Gasteiger charge is -2.24. The van der Waals surface area contributed by atoms with Crippen molar-refractivity contribution in [2.24, 2.45) is 0 Å². The first-order chi connectivity index (χ1) is 9.81. The van der Waals surface area contributed by atoms with Gasteiger partial charge in [0.2, 0.25) is 5.91 Å². The normalized spacial score (nSPS) is 11.9. The van der Waals surface area contributed by atoms with E-state index in [0.717, 1.165) is 9.87 Å². The van der Waals surface area contributed by atoms with Crippen LogP contribution < -0.4 is 5.32 Å². The number of hydrogen-bond donors (Lipinski definition) is 1. The smallest absolute Gasteiger partial charge is 0.282 e. The highest BCUT2D eigenvalue weighted by atomic mass is 32.2. The Morgan fingerprint density at radius 1 is 1.29 bits per heavy atom. The Hall–Kier alpha value is -1.51. The molecule has 21 heavy (non-hydrogen) atoms. The molecule has 1 amide bonds. The zero-order valence-corrected chi connectivity index (χ0v) is 13.6. The predicted octanol–water partition coefficient (Wildman–Crippen LogP) is 0.847. The molecule has 0 aliphatic rings. The summed E-state index contributed by atoms with van der Waals surface area (Å²) in [5.74, 6) is -0.0242. The van der Waals surface area contributed by atoms with E-state index in [0.29, 0.717) is 18.9 Å². The molecule has 0 saturated carbocycles. The topological polar surface area (TPSA) is 82.6 Å². The number of hydrogen-bond acceptors (Lipinski definition) is 4. The number of aryl methyl sites for hydroxylation is 1. The van der Waals surface area contributed by atoms with Crippen LogP contribution in [0, 0.1) is 6.92 Å². The van der Waals surface area contributed by atoms with Gasteiger partial charge in [-0.15, -0.1) is 0 Å². The molecule has 0 unspecified atom stereocenters. The average molecular weight is 314 g/mol. The third-order valence-electron chi connectivity index (χ3n) is 2.97. The highest BCUT2D eigenvalue weighted by Gasteiger charge is 2.26. The minimum atomic E-state index is -3.61. The quantitative estimate of drug-likeness (QED) is 0.809. The lowest BCUT2D eigenvalue weighted by Crippen LogP contribution is -2.44. The molecule has 0 bridgehead atoms. The van der Waals surface area contributed by atoms with Crippen molar-refractivity contribution in [3.05, 3.63) is 23.9 Å². The third-order valence-corrected chi connectivity index (χ3v) is 5.06. The fraction of sp³-hybridized carbons (Fsp3) is 0.538. The predicted molar refractivity (Wildman–Crippen MR) is 82.1 cm³/mol. The van der Waals surface area contributed by atoms with E-state index in [2.05, 4.69) is 10.3 Å². The number of amides is 1. The molecule has 7 nitrogen and oxygen atoms in total. The van der Waals surface area contributed by atoms with Crippen LogP contribution in [0.4, 0.5) is 5.82 Å². The largest absolute Gasteiger partial charge is 0.310 e. The van der Waals surface area contributed by atoms with Crippen molar-refractivity contribution in [3.8, 4) is 0 Å². The van der Waals surface area contributed by atoms with Gasteiger partial charge in [-0.1, -0.05) is 19.9 Å². The Kier molecular flexibility index (Phi) is 6.25. The van der Waals surface area contributed by atoms with Gasteiger partial charge in [0.05, 0.1) is 6.54 Å². The highest BCUT2D eigenvalue weighted by molar-refractivity contribution is 7.86. The molecule has 1 heterocycles. The fourth-order valence-electron chi connectivity index (χ4n) is 1.75. The van der Waals surface area contributed by atoms with E-state index in [1.165, 1.54) is 11.4 Å². The van der Waals surface area contributed by atoms with Gasteiger partial charge in [0, 0.05) is 26.3 Å². The molecule has 1 rings (SSSR count). The first kappa shape index (κ1) is 17.5. The van der Waals surface area contributed by atoms with E-state index in [9.17, 15) is 13.2 Å². The Labute approximate surface area is 126 Å². The second-order valence-electron chi connectivity index (χ2n) is 4.62. The molecule has 0 saturated heterocycles. The number of carbonyl (C=O) groups is 1. The molecule has 0 spiro atoms. The molecule has 118 valence electrons. The molecular weight excluding hydrogens is 292 g/mol. The summed E-state index contributed by atoms with van der Waals surface area (Å²) < 4.78 is 26.7. The Balaban J connectivity index is 2.67. The minimum Gasteiger partial charge on any atom is -0.310 e. The third kappa shape index (κ3) is 4.76. The second-order valence-corrected chi connectivity index (χ2v) is 6.65. The average Bonchev–Trinajstić information content (AvgIpc) is 2.42. The Morgan fingerprint density at radius 3 is 2.38 bits per heavy atom. The van der Waals surface area contributed by atoms with Crippen molar-refractivity contribution in [2.75, 3.05) is 32.0 Å². The second kappa shape index (κ2) is 7.48. The minimum absolute atomic E-state index is 0.256. The standard InChI is InChI=1S/C13H22N4O3S/c1-5-17(6-2)21(19,20)16(4)10-13(18)15-12-8-7-11(3)9-14-12/h7-9H,5-6,10H2,1-4H3,(H,14,15,18). The number of aromatic nitrogens is 1. The van der Waals surface area contributed by atoms with Gasteiger partial charge in [-0.3, -0.25) is 4.79 Å². The zero-order chi connectivity index (χ0) is 16.0. The SMILES string of the molecule is CCN(CC)S(=O)(=O)N(C)CC(=O)Nc1ccc(C)cn1. The van der Waals surface area contributed by atoms with Crippen LogP contribution in [0.3, 0.4) is 0 Å². The van der Waals surface area contributed by atoms with Gasteiger partial charge in [0.1, 0.15) is 5.82 Å². The van der Waals surface area contributed by atoms with Gasteiger partial charge >= 0.3 is 0 Å². The lowest BCUT2D eigenvalue weighted by molar-refractivity contribution is -0.116. The van der Waals surface area contributed by atoms with E-state index in [-0.39, 0.29) is 6.54 Å². The first-order valence-corrected chi connectivity index (χ1v) is 8.14. The first-order valence-electron chi connectivity index (χ1n) is 6.75. The van der Waals surface area contributed by atoms with Crippen LogP contribution in [0.15, 0.2) is 18.3 Å². The summed E-state index contributed by atoms with van der Waals surface area (Å²) in [7, 11) is -2.23. The molecule has 1 N–H and O–H groups in total. The summed E-state index contributed by atoms with van der Waals surface area (Å²) >= 11 is 0. The molecule has 0 aromatic carbocycles. The maximum absolute atomic E-state index is 12.2.